The van der Waals surface area contributed by atoms with Crippen molar-refractivity contribution in [2.24, 2.45) is 0 Å². The smallest absolute Gasteiger partial charge is 0.125 e. The average Bonchev–Trinajstić information content (AvgIpc) is 2.35. The first-order valence-electron chi connectivity index (χ1n) is 5.12. The predicted molar refractivity (Wildman–Crippen MR) is 81.2 cm³/mol. The molecular weight excluding hydrogens is 398 g/mol. The molecule has 0 aliphatic heterocycles. The summed E-state index contributed by atoms with van der Waals surface area (Å²) in [6.07, 6.45) is 0. The lowest BCUT2D eigenvalue weighted by molar-refractivity contribution is 0.627. The van der Waals surface area contributed by atoms with Crippen LogP contribution in [0.25, 0.3) is 0 Å². The Morgan fingerprint density at radius 1 is 1.21 bits per heavy atom. The van der Waals surface area contributed by atoms with Crippen LogP contribution in [0.15, 0.2) is 39.3 Å². The lowest BCUT2D eigenvalue weighted by Gasteiger charge is -2.12. The summed E-state index contributed by atoms with van der Waals surface area (Å²) in [6.45, 7) is 0. The number of rotatable bonds is 2. The molecule has 0 aliphatic carbocycles. The van der Waals surface area contributed by atoms with Crippen LogP contribution < -0.4 is 5.32 Å². The zero-order valence-electron chi connectivity index (χ0n) is 9.35. The van der Waals surface area contributed by atoms with Crippen LogP contribution in [0.1, 0.15) is 5.56 Å². The molecule has 0 atom stereocenters. The summed E-state index contributed by atoms with van der Waals surface area (Å²) in [5, 5.41) is 12.3. The van der Waals surface area contributed by atoms with Gasteiger partial charge in [0.2, 0.25) is 0 Å². The van der Waals surface area contributed by atoms with Crippen LogP contribution in [0.4, 0.5) is 15.8 Å². The number of hydrogen-bond acceptors (Lipinski definition) is 2. The number of nitrogens with one attached hydrogen (secondary N) is 1. The predicted octanol–water partition coefficient (Wildman–Crippen LogP) is 5.62. The molecule has 0 saturated heterocycles. The van der Waals surface area contributed by atoms with Gasteiger partial charge in [0.15, 0.2) is 0 Å². The van der Waals surface area contributed by atoms with E-state index < -0.39 is 5.82 Å². The monoisotopic (exact) mass is 402 g/mol. The second kappa shape index (κ2) is 5.91. The molecule has 0 spiro atoms. The maximum absolute atomic E-state index is 13.1. The van der Waals surface area contributed by atoms with Gasteiger partial charge in [-0.1, -0.05) is 27.5 Å². The van der Waals surface area contributed by atoms with Crippen LogP contribution in [-0.2, 0) is 0 Å². The molecule has 0 amide bonds. The van der Waals surface area contributed by atoms with Crippen molar-refractivity contribution in [3.8, 4) is 6.07 Å². The van der Waals surface area contributed by atoms with Gasteiger partial charge in [-0.15, -0.1) is 0 Å². The highest BCUT2D eigenvalue weighted by molar-refractivity contribution is 9.10. The Balaban J connectivity index is 2.45. The second-order valence-corrected chi connectivity index (χ2v) is 5.85. The Hall–Kier alpha value is -1.09. The van der Waals surface area contributed by atoms with Gasteiger partial charge in [-0.25, -0.2) is 4.39 Å². The van der Waals surface area contributed by atoms with Crippen molar-refractivity contribution in [2.45, 2.75) is 0 Å². The van der Waals surface area contributed by atoms with Gasteiger partial charge in [0, 0.05) is 8.95 Å². The molecule has 0 aliphatic rings. The lowest BCUT2D eigenvalue weighted by Crippen LogP contribution is -1.96. The van der Waals surface area contributed by atoms with E-state index in [1.165, 1.54) is 12.1 Å². The fourth-order valence-electron chi connectivity index (χ4n) is 1.51. The third kappa shape index (κ3) is 3.27. The summed E-state index contributed by atoms with van der Waals surface area (Å²) in [5.74, 6) is -0.432. The molecule has 0 fully saturated rings. The van der Waals surface area contributed by atoms with E-state index in [9.17, 15) is 4.39 Å². The summed E-state index contributed by atoms with van der Waals surface area (Å²) < 4.78 is 14.4. The van der Waals surface area contributed by atoms with Gasteiger partial charge in [0.25, 0.3) is 0 Å². The summed E-state index contributed by atoms with van der Waals surface area (Å²) in [5.41, 5.74) is 1.57. The van der Waals surface area contributed by atoms with E-state index in [1.807, 2.05) is 0 Å². The molecule has 2 aromatic rings. The van der Waals surface area contributed by atoms with Crippen LogP contribution in [0.2, 0.25) is 5.02 Å². The van der Waals surface area contributed by atoms with Crippen molar-refractivity contribution in [1.82, 2.24) is 0 Å². The van der Waals surface area contributed by atoms with Crippen molar-refractivity contribution in [2.75, 3.05) is 5.32 Å². The number of nitriles is 1. The minimum Gasteiger partial charge on any atom is -0.352 e. The van der Waals surface area contributed by atoms with Gasteiger partial charge in [-0.05, 0) is 46.3 Å². The van der Waals surface area contributed by atoms with E-state index in [0.29, 0.717) is 21.4 Å². The number of halogens is 4. The minimum absolute atomic E-state index is 0.235. The normalized spacial score (nSPS) is 10.1. The van der Waals surface area contributed by atoms with Crippen LogP contribution in [0.5, 0.6) is 0 Å². The van der Waals surface area contributed by atoms with Crippen molar-refractivity contribution < 1.29 is 4.39 Å². The molecule has 0 heterocycles. The number of benzene rings is 2. The third-order valence-corrected chi connectivity index (χ3v) is 3.79. The molecule has 19 heavy (non-hydrogen) atoms. The minimum atomic E-state index is -0.432. The fraction of sp³-hybridized carbons (Fsp3) is 0. The van der Waals surface area contributed by atoms with Crippen molar-refractivity contribution >= 4 is 54.8 Å². The van der Waals surface area contributed by atoms with Gasteiger partial charge in [-0.2, -0.15) is 5.26 Å². The van der Waals surface area contributed by atoms with Crippen molar-refractivity contribution in [3.63, 3.8) is 0 Å². The Kier molecular flexibility index (Phi) is 4.46. The molecule has 2 rings (SSSR count). The van der Waals surface area contributed by atoms with Gasteiger partial charge in [0.1, 0.15) is 11.9 Å². The Morgan fingerprint density at radius 3 is 2.58 bits per heavy atom. The van der Waals surface area contributed by atoms with Crippen LogP contribution in [0, 0.1) is 17.1 Å². The molecule has 0 unspecified atom stereocenters. The average molecular weight is 404 g/mol. The molecule has 6 heteroatoms. The Labute approximate surface area is 131 Å². The first-order valence-corrected chi connectivity index (χ1v) is 7.09. The molecule has 96 valence electrons. The second-order valence-electron chi connectivity index (χ2n) is 3.67. The summed E-state index contributed by atoms with van der Waals surface area (Å²) >= 11 is 12.5. The SMILES string of the molecule is N#Cc1cc(Br)ccc1Nc1c(Cl)cc(F)cc1Br. The van der Waals surface area contributed by atoms with Crippen LogP contribution in [-0.4, -0.2) is 0 Å². The van der Waals surface area contributed by atoms with Crippen molar-refractivity contribution in [3.05, 3.63) is 55.7 Å². The Bertz CT molecular complexity index is 660. The highest BCUT2D eigenvalue weighted by Gasteiger charge is 2.10. The summed E-state index contributed by atoms with van der Waals surface area (Å²) in [7, 11) is 0. The van der Waals surface area contributed by atoms with Crippen LogP contribution >= 0.6 is 43.5 Å². The van der Waals surface area contributed by atoms with Gasteiger partial charge in [-0.3, -0.25) is 0 Å². The molecule has 0 saturated carbocycles. The van der Waals surface area contributed by atoms with E-state index in [-0.39, 0.29) is 5.02 Å². The van der Waals surface area contributed by atoms with Gasteiger partial charge in [0.05, 0.1) is 22.0 Å². The molecular formula is C13H6Br2ClFN2. The maximum atomic E-state index is 13.1. The van der Waals surface area contributed by atoms with Gasteiger partial charge >= 0.3 is 0 Å². The van der Waals surface area contributed by atoms with E-state index in [2.05, 4.69) is 43.2 Å². The number of anilines is 2. The molecule has 2 nitrogen and oxygen atoms in total. The van der Waals surface area contributed by atoms with Gasteiger partial charge < -0.3 is 5.32 Å². The molecule has 0 aromatic heterocycles. The van der Waals surface area contributed by atoms with E-state index in [1.54, 1.807) is 18.2 Å². The number of nitrogens with zero attached hydrogens (tertiary/aromatic N) is 1. The summed E-state index contributed by atoms with van der Waals surface area (Å²) in [4.78, 5) is 0. The first kappa shape index (κ1) is 14.3. The van der Waals surface area contributed by atoms with E-state index in [0.717, 1.165) is 4.47 Å². The lowest BCUT2D eigenvalue weighted by atomic mass is 10.2. The summed E-state index contributed by atoms with van der Waals surface area (Å²) in [6, 6.07) is 9.83. The highest BCUT2D eigenvalue weighted by atomic mass is 79.9. The van der Waals surface area contributed by atoms with E-state index >= 15 is 0 Å². The maximum Gasteiger partial charge on any atom is 0.125 e. The zero-order valence-corrected chi connectivity index (χ0v) is 13.3. The zero-order chi connectivity index (χ0) is 14.0. The molecule has 0 radical (unpaired) electrons. The highest BCUT2D eigenvalue weighted by Crippen LogP contribution is 2.35. The quantitative estimate of drug-likeness (QED) is 0.705. The number of hydrogen-bond donors (Lipinski definition) is 1. The third-order valence-electron chi connectivity index (χ3n) is 2.37. The molecule has 2 aromatic carbocycles. The fourth-order valence-corrected chi connectivity index (χ4v) is 2.77. The Morgan fingerprint density at radius 2 is 1.95 bits per heavy atom. The van der Waals surface area contributed by atoms with Crippen LogP contribution in [0.3, 0.4) is 0 Å². The molecule has 1 N–H and O–H groups in total. The largest absolute Gasteiger partial charge is 0.352 e. The standard InChI is InChI=1S/C13H6Br2ClFN2/c14-8-1-2-12(7(3-8)6-18)19-13-10(15)4-9(17)5-11(13)16/h1-5,19H. The first-order chi connectivity index (χ1) is 9.01. The molecule has 0 bridgehead atoms. The van der Waals surface area contributed by atoms with E-state index in [4.69, 9.17) is 16.9 Å². The van der Waals surface area contributed by atoms with Crippen molar-refractivity contribution in [1.29, 1.82) is 5.26 Å². The topological polar surface area (TPSA) is 35.8 Å².